The molecule has 4 rings (SSSR count). The van der Waals surface area contributed by atoms with Crippen LogP contribution in [0.5, 0.6) is 5.75 Å². The molecular weight excluding hydrogens is 418 g/mol. The Labute approximate surface area is 185 Å². The molecule has 10 heteroatoms. The van der Waals surface area contributed by atoms with Gasteiger partial charge in [0.1, 0.15) is 11.6 Å². The van der Waals surface area contributed by atoms with Crippen molar-refractivity contribution in [3.8, 4) is 5.75 Å². The van der Waals surface area contributed by atoms with Crippen LogP contribution < -0.4 is 20.3 Å². The van der Waals surface area contributed by atoms with E-state index in [1.807, 2.05) is 30.3 Å². The van der Waals surface area contributed by atoms with Crippen molar-refractivity contribution in [3.63, 3.8) is 0 Å². The van der Waals surface area contributed by atoms with Gasteiger partial charge in [-0.1, -0.05) is 17.7 Å². The summed E-state index contributed by atoms with van der Waals surface area (Å²) in [5, 5.41) is 15.0. The Kier molecular flexibility index (Phi) is 6.32. The first-order valence-electron chi connectivity index (χ1n) is 9.78. The summed E-state index contributed by atoms with van der Waals surface area (Å²) in [6.45, 7) is 2.43. The predicted molar refractivity (Wildman–Crippen MR) is 120 cm³/mol. The van der Waals surface area contributed by atoms with Crippen molar-refractivity contribution >= 4 is 40.8 Å². The highest BCUT2D eigenvalue weighted by molar-refractivity contribution is 6.31. The van der Waals surface area contributed by atoms with Crippen molar-refractivity contribution in [1.29, 1.82) is 0 Å². The van der Waals surface area contributed by atoms with Crippen molar-refractivity contribution in [2.45, 2.75) is 0 Å². The molecule has 1 aliphatic rings. The molecule has 2 N–H and O–H groups in total. The van der Waals surface area contributed by atoms with Crippen molar-refractivity contribution in [2.24, 2.45) is 0 Å². The number of hydrogen-bond donors (Lipinski definition) is 2. The molecule has 0 bridgehead atoms. The first-order chi connectivity index (χ1) is 15.1. The van der Waals surface area contributed by atoms with Crippen LogP contribution in [0.1, 0.15) is 0 Å². The highest BCUT2D eigenvalue weighted by Crippen LogP contribution is 2.28. The molecule has 0 aliphatic carbocycles. The number of nitrogens with one attached hydrogen (secondary N) is 2. The normalized spacial score (nSPS) is 13.6. The molecule has 1 fully saturated rings. The summed E-state index contributed by atoms with van der Waals surface area (Å²) in [6, 6.07) is 14.3. The molecule has 0 radical (unpaired) electrons. The second-order valence-electron chi connectivity index (χ2n) is 6.87. The topological polar surface area (TPSA) is 95.5 Å². The number of halogens is 1. The monoisotopic (exact) mass is 439 g/mol. The number of benzene rings is 1. The van der Waals surface area contributed by atoms with E-state index in [1.165, 1.54) is 0 Å². The maximum atomic E-state index is 12.7. The Balaban J connectivity index is 1.32. The zero-order chi connectivity index (χ0) is 21.6. The van der Waals surface area contributed by atoms with Crippen molar-refractivity contribution in [3.05, 3.63) is 59.8 Å². The van der Waals surface area contributed by atoms with E-state index in [4.69, 9.17) is 16.3 Å². The van der Waals surface area contributed by atoms with Gasteiger partial charge in [0.2, 0.25) is 0 Å². The maximum Gasteiger partial charge on any atom is 0.322 e. The van der Waals surface area contributed by atoms with E-state index in [9.17, 15) is 4.79 Å². The van der Waals surface area contributed by atoms with Gasteiger partial charge in [-0.3, -0.25) is 0 Å². The van der Waals surface area contributed by atoms with E-state index in [-0.39, 0.29) is 6.03 Å². The highest BCUT2D eigenvalue weighted by Gasteiger charge is 2.23. The molecule has 31 heavy (non-hydrogen) atoms. The number of hydrogen-bond acceptors (Lipinski definition) is 7. The lowest BCUT2D eigenvalue weighted by Crippen LogP contribution is -2.50. The van der Waals surface area contributed by atoms with Crippen LogP contribution in [0, 0.1) is 0 Å². The predicted octanol–water partition coefficient (Wildman–Crippen LogP) is 3.63. The van der Waals surface area contributed by atoms with Crippen molar-refractivity contribution in [2.75, 3.05) is 48.8 Å². The SMILES string of the molecule is COc1ccc(Cl)cc1NC(=O)N1CCN(c2ccc(Nc3ccccn3)nn2)CC1. The Morgan fingerprint density at radius 3 is 2.55 bits per heavy atom. The summed E-state index contributed by atoms with van der Waals surface area (Å²) in [5.74, 6) is 2.66. The summed E-state index contributed by atoms with van der Waals surface area (Å²) in [6.07, 6.45) is 1.71. The molecule has 0 spiro atoms. The summed E-state index contributed by atoms with van der Waals surface area (Å²) in [5.41, 5.74) is 0.546. The molecule has 9 nitrogen and oxygen atoms in total. The quantitative estimate of drug-likeness (QED) is 0.626. The molecule has 0 atom stereocenters. The molecule has 0 saturated carbocycles. The number of ether oxygens (including phenoxy) is 1. The van der Waals surface area contributed by atoms with Gasteiger partial charge in [0.25, 0.3) is 0 Å². The fourth-order valence-corrected chi connectivity index (χ4v) is 3.41. The van der Waals surface area contributed by atoms with E-state index in [2.05, 4.69) is 30.7 Å². The first kappa shape index (κ1) is 20.7. The number of carbonyl (C=O) groups excluding carboxylic acids is 1. The Bertz CT molecular complexity index is 1030. The standard InChI is InChI=1S/C21H22ClN7O2/c1-31-17-6-5-15(22)14-16(17)24-21(30)29-12-10-28(11-13-29)20-8-7-19(26-27-20)25-18-4-2-3-9-23-18/h2-9,14H,10-13H2,1H3,(H,24,30)(H,23,25,26). The van der Waals surface area contributed by atoms with Gasteiger partial charge in [-0.05, 0) is 42.5 Å². The Morgan fingerprint density at radius 1 is 1.03 bits per heavy atom. The zero-order valence-electron chi connectivity index (χ0n) is 17.0. The van der Waals surface area contributed by atoms with Gasteiger partial charge >= 0.3 is 6.03 Å². The Hall–Kier alpha value is -3.59. The van der Waals surface area contributed by atoms with Gasteiger partial charge in [-0.15, -0.1) is 10.2 Å². The summed E-state index contributed by atoms with van der Waals surface area (Å²) < 4.78 is 5.29. The van der Waals surface area contributed by atoms with Crippen LogP contribution in [-0.2, 0) is 0 Å². The average molecular weight is 440 g/mol. The third-order valence-electron chi connectivity index (χ3n) is 4.87. The van der Waals surface area contributed by atoms with Crippen LogP contribution >= 0.6 is 11.6 Å². The van der Waals surface area contributed by atoms with E-state index in [0.717, 1.165) is 5.82 Å². The number of urea groups is 1. The smallest absolute Gasteiger partial charge is 0.322 e. The van der Waals surface area contributed by atoms with E-state index >= 15 is 0 Å². The zero-order valence-corrected chi connectivity index (χ0v) is 17.7. The number of aromatic nitrogens is 3. The minimum absolute atomic E-state index is 0.193. The van der Waals surface area contributed by atoms with Crippen LogP contribution in [0.4, 0.5) is 27.9 Å². The first-order valence-corrected chi connectivity index (χ1v) is 10.2. The lowest BCUT2D eigenvalue weighted by atomic mass is 10.3. The van der Waals surface area contributed by atoms with Gasteiger partial charge in [0.15, 0.2) is 11.6 Å². The summed E-state index contributed by atoms with van der Waals surface area (Å²) >= 11 is 6.04. The van der Waals surface area contributed by atoms with Gasteiger partial charge in [-0.25, -0.2) is 9.78 Å². The van der Waals surface area contributed by atoms with E-state index < -0.39 is 0 Å². The third-order valence-corrected chi connectivity index (χ3v) is 5.10. The molecule has 3 heterocycles. The average Bonchev–Trinajstić information content (AvgIpc) is 2.80. The van der Waals surface area contributed by atoms with Crippen molar-refractivity contribution < 1.29 is 9.53 Å². The number of methoxy groups -OCH3 is 1. The molecule has 3 aromatic rings. The second kappa shape index (κ2) is 9.48. The lowest BCUT2D eigenvalue weighted by molar-refractivity contribution is 0.208. The number of carbonyl (C=O) groups is 1. The van der Waals surface area contributed by atoms with Crippen LogP contribution in [0.2, 0.25) is 5.02 Å². The maximum absolute atomic E-state index is 12.7. The largest absolute Gasteiger partial charge is 0.495 e. The van der Waals surface area contributed by atoms with Gasteiger partial charge in [0.05, 0.1) is 12.8 Å². The van der Waals surface area contributed by atoms with Crippen molar-refractivity contribution in [1.82, 2.24) is 20.1 Å². The molecule has 160 valence electrons. The number of pyridine rings is 1. The minimum atomic E-state index is -0.193. The van der Waals surface area contributed by atoms with Gasteiger partial charge in [-0.2, -0.15) is 0 Å². The van der Waals surface area contributed by atoms with Crippen LogP contribution in [0.25, 0.3) is 0 Å². The number of piperazine rings is 1. The van der Waals surface area contributed by atoms with Gasteiger partial charge < -0.3 is 25.2 Å². The fourth-order valence-electron chi connectivity index (χ4n) is 3.24. The number of anilines is 4. The molecular formula is C21H22ClN7O2. The second-order valence-corrected chi connectivity index (χ2v) is 7.30. The fraction of sp³-hybridized carbons (Fsp3) is 0.238. The van der Waals surface area contributed by atoms with Gasteiger partial charge in [0, 0.05) is 37.4 Å². The molecule has 0 unspecified atom stereocenters. The molecule has 2 amide bonds. The van der Waals surface area contributed by atoms with E-state index in [1.54, 1.807) is 36.4 Å². The minimum Gasteiger partial charge on any atom is -0.495 e. The molecule has 1 saturated heterocycles. The molecule has 1 aromatic carbocycles. The lowest BCUT2D eigenvalue weighted by Gasteiger charge is -2.35. The highest BCUT2D eigenvalue weighted by atomic mass is 35.5. The summed E-state index contributed by atoms with van der Waals surface area (Å²) in [7, 11) is 1.55. The Morgan fingerprint density at radius 2 is 1.87 bits per heavy atom. The summed E-state index contributed by atoms with van der Waals surface area (Å²) in [4.78, 5) is 20.7. The van der Waals surface area contributed by atoms with Crippen LogP contribution in [0.3, 0.4) is 0 Å². The number of nitrogens with zero attached hydrogens (tertiary/aromatic N) is 5. The third kappa shape index (κ3) is 5.13. The number of rotatable bonds is 5. The van der Waals surface area contributed by atoms with Crippen LogP contribution in [0.15, 0.2) is 54.7 Å². The molecule has 2 aromatic heterocycles. The van der Waals surface area contributed by atoms with E-state index in [0.29, 0.717) is 54.3 Å². The molecule has 1 aliphatic heterocycles. The van der Waals surface area contributed by atoms with Crippen LogP contribution in [-0.4, -0.2) is 59.4 Å². The number of amides is 2.